The number of carbonyl (C=O) groups is 1. The molecule has 0 N–H and O–H groups in total. The summed E-state index contributed by atoms with van der Waals surface area (Å²) in [5, 5.41) is 0. The molecule has 0 heterocycles. The molecule has 0 saturated heterocycles. The monoisotopic (exact) mass is 252 g/mol. The number of rotatable bonds is 6. The lowest BCUT2D eigenvalue weighted by Crippen LogP contribution is -2.28. The highest BCUT2D eigenvalue weighted by atomic mass is 16.6. The molecule has 102 valence electrons. The van der Waals surface area contributed by atoms with Gasteiger partial charge in [-0.15, -0.1) is 0 Å². The van der Waals surface area contributed by atoms with Gasteiger partial charge in [0.25, 0.3) is 0 Å². The third-order valence-electron chi connectivity index (χ3n) is 3.32. The van der Waals surface area contributed by atoms with Crippen molar-refractivity contribution in [3.05, 3.63) is 24.3 Å². The second-order valence-corrected chi connectivity index (χ2v) is 5.33. The summed E-state index contributed by atoms with van der Waals surface area (Å²) in [6.07, 6.45) is 8.21. The molecule has 0 amide bonds. The Morgan fingerprint density at radius 3 is 2.89 bits per heavy atom. The number of carbonyl (C=O) groups excluding carboxylic acids is 1. The molecule has 1 aliphatic rings. The summed E-state index contributed by atoms with van der Waals surface area (Å²) in [5.41, 5.74) is 0.141. The maximum Gasteiger partial charge on any atom is 0.333 e. The predicted octanol–water partition coefficient (Wildman–Crippen LogP) is 3.26. The number of esters is 1. The number of allylic oxidation sites excluding steroid dienone is 1. The van der Waals surface area contributed by atoms with Gasteiger partial charge in [-0.3, -0.25) is 0 Å². The van der Waals surface area contributed by atoms with Gasteiger partial charge in [-0.2, -0.15) is 0 Å². The van der Waals surface area contributed by atoms with Gasteiger partial charge in [0, 0.05) is 19.3 Å². The molecule has 1 fully saturated rings. The van der Waals surface area contributed by atoms with Crippen molar-refractivity contribution in [2.24, 2.45) is 5.92 Å². The molecule has 3 nitrogen and oxygen atoms in total. The molecule has 18 heavy (non-hydrogen) atoms. The van der Waals surface area contributed by atoms with E-state index in [1.807, 2.05) is 6.92 Å². The first kappa shape index (κ1) is 15.0. The molecular formula is C15H24O3. The van der Waals surface area contributed by atoms with E-state index in [0.29, 0.717) is 11.5 Å². The fourth-order valence-electron chi connectivity index (χ4n) is 2.29. The van der Waals surface area contributed by atoms with E-state index in [2.05, 4.69) is 18.7 Å². The SMILES string of the molecule is C=C(C)C(=O)OC1(C)CCC(/C=C\CCOC)C1. The first-order valence-electron chi connectivity index (χ1n) is 6.51. The van der Waals surface area contributed by atoms with E-state index in [1.54, 1.807) is 14.0 Å². The number of methoxy groups -OCH3 is 1. The maximum absolute atomic E-state index is 11.6. The summed E-state index contributed by atoms with van der Waals surface area (Å²) in [6.45, 7) is 8.06. The minimum atomic E-state index is -0.327. The highest BCUT2D eigenvalue weighted by molar-refractivity contribution is 5.87. The van der Waals surface area contributed by atoms with E-state index >= 15 is 0 Å². The fraction of sp³-hybridized carbons (Fsp3) is 0.667. The Balaban J connectivity index is 2.41. The maximum atomic E-state index is 11.6. The molecule has 0 radical (unpaired) electrons. The molecule has 2 atom stereocenters. The van der Waals surface area contributed by atoms with Crippen molar-refractivity contribution in [2.45, 2.75) is 45.1 Å². The third-order valence-corrected chi connectivity index (χ3v) is 3.32. The van der Waals surface area contributed by atoms with Crippen LogP contribution in [0.5, 0.6) is 0 Å². The van der Waals surface area contributed by atoms with E-state index in [1.165, 1.54) is 0 Å². The largest absolute Gasteiger partial charge is 0.456 e. The van der Waals surface area contributed by atoms with Crippen LogP contribution < -0.4 is 0 Å². The molecule has 2 unspecified atom stereocenters. The van der Waals surface area contributed by atoms with Crippen LogP contribution in [0.3, 0.4) is 0 Å². The van der Waals surface area contributed by atoms with Crippen molar-refractivity contribution in [3.63, 3.8) is 0 Å². The zero-order valence-corrected chi connectivity index (χ0v) is 11.7. The van der Waals surface area contributed by atoms with Gasteiger partial charge in [0.1, 0.15) is 5.60 Å². The van der Waals surface area contributed by atoms with Crippen molar-refractivity contribution in [1.29, 1.82) is 0 Å². The van der Waals surface area contributed by atoms with Gasteiger partial charge in [0.2, 0.25) is 0 Å². The molecule has 1 aliphatic carbocycles. The first-order valence-corrected chi connectivity index (χ1v) is 6.51. The second-order valence-electron chi connectivity index (χ2n) is 5.33. The zero-order chi connectivity index (χ0) is 13.6. The van der Waals surface area contributed by atoms with Crippen LogP contribution in [-0.4, -0.2) is 25.3 Å². The smallest absolute Gasteiger partial charge is 0.333 e. The van der Waals surface area contributed by atoms with Gasteiger partial charge in [-0.25, -0.2) is 4.79 Å². The highest BCUT2D eigenvalue weighted by Gasteiger charge is 2.37. The minimum absolute atomic E-state index is 0.276. The molecule has 1 saturated carbocycles. The highest BCUT2D eigenvalue weighted by Crippen LogP contribution is 2.38. The van der Waals surface area contributed by atoms with E-state index < -0.39 is 0 Å². The second kappa shape index (κ2) is 6.74. The van der Waals surface area contributed by atoms with Crippen LogP contribution in [0.1, 0.15) is 39.5 Å². The lowest BCUT2D eigenvalue weighted by Gasteiger charge is -2.24. The quantitative estimate of drug-likeness (QED) is 0.315. The van der Waals surface area contributed by atoms with E-state index in [-0.39, 0.29) is 11.6 Å². The van der Waals surface area contributed by atoms with E-state index in [0.717, 1.165) is 32.3 Å². The third kappa shape index (κ3) is 4.65. The van der Waals surface area contributed by atoms with Gasteiger partial charge >= 0.3 is 5.97 Å². The Hall–Kier alpha value is -1.09. The summed E-state index contributed by atoms with van der Waals surface area (Å²) < 4.78 is 10.5. The lowest BCUT2D eigenvalue weighted by atomic mass is 10.0. The Bertz CT molecular complexity index is 333. The van der Waals surface area contributed by atoms with Gasteiger partial charge < -0.3 is 9.47 Å². The summed E-state index contributed by atoms with van der Waals surface area (Å²) in [5.74, 6) is 0.228. The fourth-order valence-corrected chi connectivity index (χ4v) is 2.29. The van der Waals surface area contributed by atoms with E-state index in [4.69, 9.17) is 9.47 Å². The summed E-state index contributed by atoms with van der Waals surface area (Å²) in [6, 6.07) is 0. The van der Waals surface area contributed by atoms with Crippen LogP contribution in [-0.2, 0) is 14.3 Å². The molecule has 0 aromatic rings. The Kier molecular flexibility index (Phi) is 5.60. The van der Waals surface area contributed by atoms with Gasteiger partial charge in [0.05, 0.1) is 0 Å². The molecule has 0 spiro atoms. The zero-order valence-electron chi connectivity index (χ0n) is 11.7. The molecule has 3 heteroatoms. The Labute approximate surface area is 110 Å². The molecule has 1 rings (SSSR count). The van der Waals surface area contributed by atoms with Gasteiger partial charge in [0.15, 0.2) is 0 Å². The van der Waals surface area contributed by atoms with Crippen LogP contribution in [0.2, 0.25) is 0 Å². The predicted molar refractivity (Wildman–Crippen MR) is 72.3 cm³/mol. The van der Waals surface area contributed by atoms with Crippen LogP contribution >= 0.6 is 0 Å². The van der Waals surface area contributed by atoms with Gasteiger partial charge in [-0.05, 0) is 45.4 Å². The molecule has 0 aromatic carbocycles. The molecule has 0 bridgehead atoms. The van der Waals surface area contributed by atoms with Crippen molar-refractivity contribution in [2.75, 3.05) is 13.7 Å². The number of hydrogen-bond acceptors (Lipinski definition) is 3. The van der Waals surface area contributed by atoms with Crippen LogP contribution in [0.15, 0.2) is 24.3 Å². The van der Waals surface area contributed by atoms with Crippen molar-refractivity contribution in [1.82, 2.24) is 0 Å². The standard InChI is InChI=1S/C15H24O3/c1-12(2)14(16)18-15(3)9-8-13(11-15)7-5-6-10-17-4/h5,7,13H,1,6,8-11H2,2-4H3/b7-5-. The summed E-state index contributed by atoms with van der Waals surface area (Å²) in [7, 11) is 1.71. The van der Waals surface area contributed by atoms with Crippen LogP contribution in [0, 0.1) is 5.92 Å². The average molecular weight is 252 g/mol. The normalized spacial score (nSPS) is 27.6. The molecular weight excluding hydrogens is 228 g/mol. The minimum Gasteiger partial charge on any atom is -0.456 e. The molecule has 0 aliphatic heterocycles. The van der Waals surface area contributed by atoms with Crippen molar-refractivity contribution in [3.8, 4) is 0 Å². The van der Waals surface area contributed by atoms with E-state index in [9.17, 15) is 4.79 Å². The van der Waals surface area contributed by atoms with Crippen LogP contribution in [0.25, 0.3) is 0 Å². The first-order chi connectivity index (χ1) is 8.47. The van der Waals surface area contributed by atoms with Crippen molar-refractivity contribution < 1.29 is 14.3 Å². The summed E-state index contributed by atoms with van der Waals surface area (Å²) >= 11 is 0. The average Bonchev–Trinajstić information content (AvgIpc) is 2.66. The van der Waals surface area contributed by atoms with Crippen LogP contribution in [0.4, 0.5) is 0 Å². The topological polar surface area (TPSA) is 35.5 Å². The Morgan fingerprint density at radius 2 is 2.28 bits per heavy atom. The van der Waals surface area contributed by atoms with Gasteiger partial charge in [-0.1, -0.05) is 18.7 Å². The number of ether oxygens (including phenoxy) is 2. The van der Waals surface area contributed by atoms with Crippen molar-refractivity contribution >= 4 is 5.97 Å². The summed E-state index contributed by atoms with van der Waals surface area (Å²) in [4.78, 5) is 11.6. The Morgan fingerprint density at radius 1 is 1.56 bits per heavy atom. The number of hydrogen-bond donors (Lipinski definition) is 0. The lowest BCUT2D eigenvalue weighted by molar-refractivity contribution is -0.152. The molecule has 0 aromatic heterocycles.